The van der Waals surface area contributed by atoms with Gasteiger partial charge in [-0.1, -0.05) is 30.3 Å². The predicted molar refractivity (Wildman–Crippen MR) is 63.5 cm³/mol. The van der Waals surface area contributed by atoms with Crippen LogP contribution in [0.25, 0.3) is 6.08 Å². The highest BCUT2D eigenvalue weighted by Crippen LogP contribution is 2.09. The van der Waals surface area contributed by atoms with E-state index >= 15 is 0 Å². The lowest BCUT2D eigenvalue weighted by molar-refractivity contribution is -0.128. The van der Waals surface area contributed by atoms with E-state index in [0.29, 0.717) is 18.5 Å². The molecule has 84 valence electrons. The maximum absolute atomic E-state index is 11.3. The lowest BCUT2D eigenvalue weighted by Gasteiger charge is -2.18. The van der Waals surface area contributed by atoms with Gasteiger partial charge >= 0.3 is 0 Å². The summed E-state index contributed by atoms with van der Waals surface area (Å²) in [6.45, 7) is 3.78. The van der Waals surface area contributed by atoms with Crippen LogP contribution in [0.4, 0.5) is 0 Å². The van der Waals surface area contributed by atoms with Gasteiger partial charge in [-0.2, -0.15) is 0 Å². The maximum Gasteiger partial charge on any atom is 0.223 e. The Bertz CT molecular complexity index is 396. The molecule has 0 atom stereocenters. The normalized spacial score (nSPS) is 11.0. The van der Waals surface area contributed by atoms with E-state index in [9.17, 15) is 9.59 Å². The average Bonchev–Trinajstić information content (AvgIpc) is 2.29. The molecule has 0 bridgehead atoms. The van der Waals surface area contributed by atoms with Gasteiger partial charge in [0.1, 0.15) is 0 Å². The Kier molecular flexibility index (Phi) is 4.45. The largest absolute Gasteiger partial charge is 0.310 e. The van der Waals surface area contributed by atoms with Gasteiger partial charge in [-0.25, -0.2) is 0 Å². The van der Waals surface area contributed by atoms with Crippen LogP contribution in [0.3, 0.4) is 0 Å². The molecule has 0 aliphatic heterocycles. The van der Waals surface area contributed by atoms with Gasteiger partial charge in [0.15, 0.2) is 6.29 Å². The minimum atomic E-state index is -0.128. The second-order valence-corrected chi connectivity index (χ2v) is 3.36. The first-order valence-electron chi connectivity index (χ1n) is 5.19. The Labute approximate surface area is 95.4 Å². The third-order valence-corrected chi connectivity index (χ3v) is 2.24. The first kappa shape index (κ1) is 12.2. The van der Waals surface area contributed by atoms with E-state index in [1.54, 1.807) is 6.08 Å². The molecule has 3 heteroatoms. The predicted octanol–water partition coefficient (Wildman–Crippen LogP) is 2.09. The molecule has 1 aromatic rings. The van der Waals surface area contributed by atoms with Gasteiger partial charge in [0, 0.05) is 13.5 Å². The van der Waals surface area contributed by atoms with Crippen molar-refractivity contribution in [2.24, 2.45) is 0 Å². The summed E-state index contributed by atoms with van der Waals surface area (Å²) in [4.78, 5) is 23.7. The van der Waals surface area contributed by atoms with Crippen molar-refractivity contribution in [1.82, 2.24) is 4.90 Å². The summed E-state index contributed by atoms with van der Waals surface area (Å²) < 4.78 is 0. The molecule has 0 heterocycles. The van der Waals surface area contributed by atoms with Crippen molar-refractivity contribution < 1.29 is 9.59 Å². The fourth-order valence-corrected chi connectivity index (χ4v) is 1.48. The zero-order valence-corrected chi connectivity index (χ0v) is 9.51. The molecule has 0 aliphatic rings. The van der Waals surface area contributed by atoms with Gasteiger partial charge in [0.05, 0.1) is 5.70 Å². The number of rotatable bonds is 4. The molecule has 0 saturated carbocycles. The van der Waals surface area contributed by atoms with Gasteiger partial charge in [0.2, 0.25) is 5.91 Å². The zero-order chi connectivity index (χ0) is 12.0. The number of benzene rings is 1. The van der Waals surface area contributed by atoms with Gasteiger partial charge in [-0.3, -0.25) is 9.59 Å². The second-order valence-electron chi connectivity index (χ2n) is 3.36. The Morgan fingerprint density at radius 2 is 1.94 bits per heavy atom. The van der Waals surface area contributed by atoms with E-state index in [1.165, 1.54) is 11.8 Å². The van der Waals surface area contributed by atoms with E-state index in [4.69, 9.17) is 0 Å². The fourth-order valence-electron chi connectivity index (χ4n) is 1.48. The number of allylic oxidation sites excluding steroid dienone is 1. The summed E-state index contributed by atoms with van der Waals surface area (Å²) in [6.07, 6.45) is 2.41. The molecule has 1 rings (SSSR count). The first-order valence-corrected chi connectivity index (χ1v) is 5.19. The summed E-state index contributed by atoms with van der Waals surface area (Å²) in [5.41, 5.74) is 1.30. The molecule has 1 aromatic carbocycles. The highest BCUT2D eigenvalue weighted by atomic mass is 16.2. The number of nitrogens with zero attached hydrogens (tertiary/aromatic N) is 1. The van der Waals surface area contributed by atoms with Gasteiger partial charge in [-0.05, 0) is 18.6 Å². The van der Waals surface area contributed by atoms with Gasteiger partial charge in [0.25, 0.3) is 0 Å². The topological polar surface area (TPSA) is 37.4 Å². The van der Waals surface area contributed by atoms with E-state index in [2.05, 4.69) is 0 Å². The van der Waals surface area contributed by atoms with E-state index in [0.717, 1.165) is 5.56 Å². The molecule has 0 unspecified atom stereocenters. The molecule has 0 aromatic heterocycles. The van der Waals surface area contributed by atoms with Crippen LogP contribution in [-0.4, -0.2) is 23.6 Å². The third-order valence-electron chi connectivity index (χ3n) is 2.24. The number of likely N-dealkylation sites (N-methyl/N-ethyl adjacent to an activating group) is 1. The minimum absolute atomic E-state index is 0.128. The minimum Gasteiger partial charge on any atom is -0.310 e. The van der Waals surface area contributed by atoms with E-state index in [-0.39, 0.29) is 5.91 Å². The molecule has 0 spiro atoms. The summed E-state index contributed by atoms with van der Waals surface area (Å²) in [5.74, 6) is -0.128. The van der Waals surface area contributed by atoms with Crippen LogP contribution in [0.5, 0.6) is 0 Å². The SMILES string of the molecule is CCN(C(C)=O)C(C=O)=Cc1ccccc1. The van der Waals surface area contributed by atoms with Crippen molar-refractivity contribution >= 4 is 18.3 Å². The molecule has 0 aliphatic carbocycles. The number of hydrogen-bond acceptors (Lipinski definition) is 2. The van der Waals surface area contributed by atoms with E-state index in [1.807, 2.05) is 37.3 Å². The molecule has 3 nitrogen and oxygen atoms in total. The maximum atomic E-state index is 11.3. The summed E-state index contributed by atoms with van der Waals surface area (Å²) in [6, 6.07) is 9.45. The monoisotopic (exact) mass is 217 g/mol. The molecular formula is C13H15NO2. The zero-order valence-electron chi connectivity index (χ0n) is 9.51. The summed E-state index contributed by atoms with van der Waals surface area (Å²) >= 11 is 0. The number of amides is 1. The second kappa shape index (κ2) is 5.85. The van der Waals surface area contributed by atoms with Crippen LogP contribution < -0.4 is 0 Å². The Morgan fingerprint density at radius 3 is 2.38 bits per heavy atom. The lowest BCUT2D eigenvalue weighted by Crippen LogP contribution is -2.28. The Balaban J connectivity index is 3.02. The van der Waals surface area contributed by atoms with Gasteiger partial charge in [-0.15, -0.1) is 0 Å². The molecular weight excluding hydrogens is 202 g/mol. The molecule has 0 radical (unpaired) electrons. The van der Waals surface area contributed by atoms with Crippen molar-refractivity contribution in [3.05, 3.63) is 41.6 Å². The van der Waals surface area contributed by atoms with Crippen LogP contribution in [0, 0.1) is 0 Å². The van der Waals surface area contributed by atoms with E-state index < -0.39 is 0 Å². The Morgan fingerprint density at radius 1 is 1.31 bits per heavy atom. The number of carbonyl (C=O) groups excluding carboxylic acids is 2. The van der Waals surface area contributed by atoms with Crippen LogP contribution >= 0.6 is 0 Å². The fraction of sp³-hybridized carbons (Fsp3) is 0.231. The molecule has 1 amide bonds. The quantitative estimate of drug-likeness (QED) is 0.572. The highest BCUT2D eigenvalue weighted by Gasteiger charge is 2.10. The average molecular weight is 217 g/mol. The number of carbonyl (C=O) groups is 2. The third kappa shape index (κ3) is 3.05. The molecule has 0 saturated heterocycles. The van der Waals surface area contributed by atoms with Gasteiger partial charge < -0.3 is 4.90 Å². The van der Waals surface area contributed by atoms with Crippen molar-refractivity contribution in [3.8, 4) is 0 Å². The molecule has 16 heavy (non-hydrogen) atoms. The van der Waals surface area contributed by atoms with Crippen LogP contribution in [0.2, 0.25) is 0 Å². The lowest BCUT2D eigenvalue weighted by atomic mass is 10.2. The van der Waals surface area contributed by atoms with Crippen LogP contribution in [0.1, 0.15) is 19.4 Å². The van der Waals surface area contributed by atoms with Crippen molar-refractivity contribution in [3.63, 3.8) is 0 Å². The number of hydrogen-bond donors (Lipinski definition) is 0. The first-order chi connectivity index (χ1) is 7.69. The molecule has 0 N–H and O–H groups in total. The number of aldehydes is 1. The smallest absolute Gasteiger partial charge is 0.223 e. The Hall–Kier alpha value is -1.90. The van der Waals surface area contributed by atoms with Crippen molar-refractivity contribution in [2.75, 3.05) is 6.54 Å². The summed E-state index contributed by atoms with van der Waals surface area (Å²) in [7, 11) is 0. The molecule has 0 fully saturated rings. The van der Waals surface area contributed by atoms with Crippen molar-refractivity contribution in [2.45, 2.75) is 13.8 Å². The van der Waals surface area contributed by atoms with Crippen LogP contribution in [-0.2, 0) is 9.59 Å². The standard InChI is InChI=1S/C13H15NO2/c1-3-14(11(2)16)13(10-15)9-12-7-5-4-6-8-12/h4-10H,3H2,1-2H3. The highest BCUT2D eigenvalue weighted by molar-refractivity contribution is 5.89. The van der Waals surface area contributed by atoms with Crippen LogP contribution in [0.15, 0.2) is 36.0 Å². The summed E-state index contributed by atoms with van der Waals surface area (Å²) in [5, 5.41) is 0. The van der Waals surface area contributed by atoms with Crippen molar-refractivity contribution in [1.29, 1.82) is 0 Å².